The molecule has 0 saturated heterocycles. The number of nitrogens with one attached hydrogen (secondary N) is 3. The molecule has 9 heteroatoms. The van der Waals surface area contributed by atoms with Gasteiger partial charge < -0.3 is 10.6 Å². The third kappa shape index (κ3) is 4.75. The Morgan fingerprint density at radius 3 is 2.90 bits per heavy atom. The number of rotatable bonds is 4. The molecule has 0 spiro atoms. The molecule has 6 nitrogen and oxygen atoms in total. The van der Waals surface area contributed by atoms with Crippen LogP contribution >= 0.6 is 24.8 Å². The third-order valence-electron chi connectivity index (χ3n) is 4.89. The van der Waals surface area contributed by atoms with Gasteiger partial charge in [0.2, 0.25) is 0 Å². The predicted octanol–water partition coefficient (Wildman–Crippen LogP) is 3.34. The van der Waals surface area contributed by atoms with Crippen molar-refractivity contribution >= 4 is 30.7 Å². The molecule has 1 aromatic carbocycles. The zero-order chi connectivity index (χ0) is 18.8. The van der Waals surface area contributed by atoms with Crippen LogP contribution in [0.4, 0.5) is 4.39 Å². The first-order valence-electron chi connectivity index (χ1n) is 8.88. The zero-order valence-corrected chi connectivity index (χ0v) is 17.4. The van der Waals surface area contributed by atoms with Crippen molar-refractivity contribution in [2.75, 3.05) is 6.54 Å². The first-order valence-corrected chi connectivity index (χ1v) is 8.88. The van der Waals surface area contributed by atoms with Gasteiger partial charge in [-0.3, -0.25) is 14.9 Å². The highest BCUT2D eigenvalue weighted by Crippen LogP contribution is 2.23. The number of halogens is 3. The number of aromatic nitrogens is 3. The number of fused-ring (bicyclic) bond motifs is 1. The second-order valence-electron chi connectivity index (χ2n) is 6.60. The fourth-order valence-electron chi connectivity index (χ4n) is 3.46. The van der Waals surface area contributed by atoms with Crippen molar-refractivity contribution in [2.24, 2.45) is 0 Å². The van der Waals surface area contributed by atoms with Crippen LogP contribution in [-0.2, 0) is 19.5 Å². The molecular formula is C20H22Cl2FN5O. The van der Waals surface area contributed by atoms with E-state index in [1.165, 1.54) is 29.5 Å². The standard InChI is InChI=1S/C20H20FN5O.2ClH/c1-12-17(16-5-6-22-8-14(16)9-23-12)10-24-20(27)18-11-25-26-19(18)13-3-2-4-15(21)7-13;;/h2-4,7,9,11,22H,5-6,8,10H2,1H3,(H,24,27)(H,25,26);2*1H. The average Bonchev–Trinajstić information content (AvgIpc) is 3.17. The highest BCUT2D eigenvalue weighted by atomic mass is 35.5. The van der Waals surface area contributed by atoms with Crippen LogP contribution in [0, 0.1) is 12.7 Å². The summed E-state index contributed by atoms with van der Waals surface area (Å²) in [4.78, 5) is 17.2. The van der Waals surface area contributed by atoms with Gasteiger partial charge in [-0.1, -0.05) is 12.1 Å². The van der Waals surface area contributed by atoms with Crippen molar-refractivity contribution < 1.29 is 9.18 Å². The molecule has 0 fully saturated rings. The minimum atomic E-state index is -0.361. The Bertz CT molecular complexity index is 1010. The van der Waals surface area contributed by atoms with E-state index < -0.39 is 0 Å². The topological polar surface area (TPSA) is 82.7 Å². The van der Waals surface area contributed by atoms with E-state index in [-0.39, 0.29) is 36.5 Å². The number of benzene rings is 1. The lowest BCUT2D eigenvalue weighted by atomic mass is 9.96. The Labute approximate surface area is 180 Å². The van der Waals surface area contributed by atoms with Gasteiger partial charge >= 0.3 is 0 Å². The van der Waals surface area contributed by atoms with Crippen LogP contribution in [0.2, 0.25) is 0 Å². The normalized spacial score (nSPS) is 12.3. The first-order chi connectivity index (χ1) is 13.1. The van der Waals surface area contributed by atoms with Gasteiger partial charge in [0.15, 0.2) is 0 Å². The molecule has 2 aromatic heterocycles. The Balaban J connectivity index is 0.00000150. The third-order valence-corrected chi connectivity index (χ3v) is 4.89. The quantitative estimate of drug-likeness (QED) is 0.584. The summed E-state index contributed by atoms with van der Waals surface area (Å²) < 4.78 is 13.5. The SMILES string of the molecule is Cc1ncc2c(c1CNC(=O)c1cn[nH]c1-c1cccc(F)c1)CCNC2.Cl.Cl. The molecule has 0 radical (unpaired) electrons. The fourth-order valence-corrected chi connectivity index (χ4v) is 3.46. The van der Waals surface area contributed by atoms with Crippen LogP contribution in [0.1, 0.15) is 32.7 Å². The number of hydrogen-bond acceptors (Lipinski definition) is 4. The number of aryl methyl sites for hydroxylation is 1. The van der Waals surface area contributed by atoms with Gasteiger partial charge in [0.25, 0.3) is 5.91 Å². The molecule has 0 saturated carbocycles. The van der Waals surface area contributed by atoms with Crippen molar-refractivity contribution in [3.8, 4) is 11.3 Å². The van der Waals surface area contributed by atoms with Gasteiger partial charge in [0, 0.05) is 30.5 Å². The average molecular weight is 438 g/mol. The van der Waals surface area contributed by atoms with E-state index in [9.17, 15) is 9.18 Å². The molecule has 4 rings (SSSR count). The van der Waals surface area contributed by atoms with Crippen LogP contribution in [0.15, 0.2) is 36.7 Å². The molecule has 29 heavy (non-hydrogen) atoms. The summed E-state index contributed by atoms with van der Waals surface area (Å²) in [5, 5.41) is 13.1. The summed E-state index contributed by atoms with van der Waals surface area (Å²) in [6, 6.07) is 6.08. The fraction of sp³-hybridized carbons (Fsp3) is 0.250. The van der Waals surface area contributed by atoms with Gasteiger partial charge in [0.1, 0.15) is 5.82 Å². The molecule has 154 valence electrons. The number of carbonyl (C=O) groups excluding carboxylic acids is 1. The summed E-state index contributed by atoms with van der Waals surface area (Å²) in [6.45, 7) is 4.08. The van der Waals surface area contributed by atoms with E-state index in [1.807, 2.05) is 13.1 Å². The van der Waals surface area contributed by atoms with Crippen molar-refractivity contribution in [1.82, 2.24) is 25.8 Å². The van der Waals surface area contributed by atoms with E-state index in [4.69, 9.17) is 0 Å². The van der Waals surface area contributed by atoms with Crippen LogP contribution in [0.5, 0.6) is 0 Å². The number of H-pyrrole nitrogens is 1. The van der Waals surface area contributed by atoms with E-state index in [0.29, 0.717) is 23.4 Å². The van der Waals surface area contributed by atoms with Gasteiger partial charge in [-0.05, 0) is 48.7 Å². The van der Waals surface area contributed by atoms with E-state index >= 15 is 0 Å². The molecule has 0 unspecified atom stereocenters. The number of nitrogens with zero attached hydrogens (tertiary/aromatic N) is 2. The summed E-state index contributed by atoms with van der Waals surface area (Å²) in [5.74, 6) is -0.617. The lowest BCUT2D eigenvalue weighted by molar-refractivity contribution is 0.0951. The maximum absolute atomic E-state index is 13.5. The lowest BCUT2D eigenvalue weighted by Gasteiger charge is -2.21. The van der Waals surface area contributed by atoms with E-state index in [0.717, 1.165) is 30.8 Å². The van der Waals surface area contributed by atoms with Gasteiger partial charge in [-0.15, -0.1) is 24.8 Å². The van der Waals surface area contributed by atoms with Crippen molar-refractivity contribution in [2.45, 2.75) is 26.4 Å². The molecule has 1 aliphatic heterocycles. The van der Waals surface area contributed by atoms with Crippen LogP contribution < -0.4 is 10.6 Å². The minimum Gasteiger partial charge on any atom is -0.348 e. The summed E-state index contributed by atoms with van der Waals surface area (Å²) in [7, 11) is 0. The largest absolute Gasteiger partial charge is 0.348 e. The summed E-state index contributed by atoms with van der Waals surface area (Å²) in [6.07, 6.45) is 4.29. The Morgan fingerprint density at radius 2 is 2.10 bits per heavy atom. The summed E-state index contributed by atoms with van der Waals surface area (Å²) >= 11 is 0. The van der Waals surface area contributed by atoms with E-state index in [1.54, 1.807) is 12.1 Å². The van der Waals surface area contributed by atoms with Gasteiger partial charge in [0.05, 0.1) is 17.5 Å². The smallest absolute Gasteiger partial charge is 0.255 e. The molecule has 0 atom stereocenters. The minimum absolute atomic E-state index is 0. The monoisotopic (exact) mass is 437 g/mol. The zero-order valence-electron chi connectivity index (χ0n) is 15.8. The molecule has 3 aromatic rings. The van der Waals surface area contributed by atoms with Gasteiger partial charge in [-0.25, -0.2) is 4.39 Å². The highest BCUT2D eigenvalue weighted by molar-refractivity contribution is 5.99. The Kier molecular flexibility index (Phi) is 7.73. The maximum Gasteiger partial charge on any atom is 0.255 e. The van der Waals surface area contributed by atoms with Crippen LogP contribution in [-0.4, -0.2) is 27.6 Å². The molecule has 0 bridgehead atoms. The molecular weight excluding hydrogens is 416 g/mol. The Morgan fingerprint density at radius 1 is 1.28 bits per heavy atom. The Hall–Kier alpha value is -2.48. The number of pyridine rings is 1. The lowest BCUT2D eigenvalue weighted by Crippen LogP contribution is -2.29. The molecule has 0 aliphatic carbocycles. The van der Waals surface area contributed by atoms with Crippen molar-refractivity contribution in [3.05, 3.63) is 70.4 Å². The van der Waals surface area contributed by atoms with Gasteiger partial charge in [-0.2, -0.15) is 5.10 Å². The van der Waals surface area contributed by atoms with E-state index in [2.05, 4.69) is 25.8 Å². The molecule has 3 N–H and O–H groups in total. The predicted molar refractivity (Wildman–Crippen MR) is 114 cm³/mol. The van der Waals surface area contributed by atoms with Crippen LogP contribution in [0.25, 0.3) is 11.3 Å². The number of carbonyl (C=O) groups is 1. The summed E-state index contributed by atoms with van der Waals surface area (Å²) in [5.41, 5.74) is 5.91. The second-order valence-corrected chi connectivity index (χ2v) is 6.60. The number of amides is 1. The van der Waals surface area contributed by atoms with Crippen molar-refractivity contribution in [3.63, 3.8) is 0 Å². The molecule has 1 aliphatic rings. The van der Waals surface area contributed by atoms with Crippen molar-refractivity contribution in [1.29, 1.82) is 0 Å². The second kappa shape index (κ2) is 9.82. The molecule has 3 heterocycles. The number of aromatic amines is 1. The highest BCUT2D eigenvalue weighted by Gasteiger charge is 2.19. The maximum atomic E-state index is 13.5. The first kappa shape index (κ1) is 22.8. The number of hydrogen-bond donors (Lipinski definition) is 3. The van der Waals surface area contributed by atoms with Crippen LogP contribution in [0.3, 0.4) is 0 Å². The molecule has 1 amide bonds.